The van der Waals surface area contributed by atoms with Gasteiger partial charge in [0.15, 0.2) is 0 Å². The van der Waals surface area contributed by atoms with Crippen LogP contribution in [0.1, 0.15) is 71.1 Å². The summed E-state index contributed by atoms with van der Waals surface area (Å²) >= 11 is 0. The van der Waals surface area contributed by atoms with Crippen LogP contribution in [0.15, 0.2) is 0 Å². The van der Waals surface area contributed by atoms with Crippen molar-refractivity contribution in [3.05, 3.63) is 0 Å². The summed E-state index contributed by atoms with van der Waals surface area (Å²) in [6, 6.07) is 0.736. The van der Waals surface area contributed by atoms with Crippen LogP contribution in [0.4, 0.5) is 0 Å². The second-order valence-electron chi connectivity index (χ2n) is 7.84. The molecular formula is C17H29NO2. The predicted octanol–water partition coefficient (Wildman–Crippen LogP) is 3.68. The summed E-state index contributed by atoms with van der Waals surface area (Å²) < 4.78 is 0. The van der Waals surface area contributed by atoms with E-state index in [1.807, 2.05) is 6.92 Å². The summed E-state index contributed by atoms with van der Waals surface area (Å²) in [5, 5.41) is 9.31. The molecule has 0 amide bonds. The highest BCUT2D eigenvalue weighted by atomic mass is 16.4. The minimum Gasteiger partial charge on any atom is -0.481 e. The minimum atomic E-state index is -0.606. The SMILES string of the molecule is CC1(C(=O)O)CCN(C2CCC3(CCCC3)CC2)CC1. The Labute approximate surface area is 122 Å². The highest BCUT2D eigenvalue weighted by Gasteiger charge is 2.42. The number of carboxylic acid groups (broad SMARTS) is 1. The maximum absolute atomic E-state index is 11.3. The number of hydrogen-bond donors (Lipinski definition) is 1. The summed E-state index contributed by atoms with van der Waals surface area (Å²) in [4.78, 5) is 13.9. The Morgan fingerprint density at radius 2 is 1.55 bits per heavy atom. The minimum absolute atomic E-state index is 0.474. The maximum Gasteiger partial charge on any atom is 0.309 e. The van der Waals surface area contributed by atoms with Gasteiger partial charge in [0.2, 0.25) is 0 Å². The van der Waals surface area contributed by atoms with Crippen LogP contribution in [0.2, 0.25) is 0 Å². The molecule has 0 radical (unpaired) electrons. The van der Waals surface area contributed by atoms with Crippen molar-refractivity contribution >= 4 is 5.97 Å². The van der Waals surface area contributed by atoms with E-state index in [4.69, 9.17) is 0 Å². The van der Waals surface area contributed by atoms with E-state index >= 15 is 0 Å². The molecule has 0 aromatic heterocycles. The lowest BCUT2D eigenvalue weighted by atomic mass is 9.70. The lowest BCUT2D eigenvalue weighted by Gasteiger charge is -2.45. The average Bonchev–Trinajstić information content (AvgIpc) is 2.89. The number of rotatable bonds is 2. The molecule has 0 unspecified atom stereocenters. The molecule has 3 heteroatoms. The second-order valence-corrected chi connectivity index (χ2v) is 7.84. The topological polar surface area (TPSA) is 40.5 Å². The van der Waals surface area contributed by atoms with E-state index in [2.05, 4.69) is 4.90 Å². The quantitative estimate of drug-likeness (QED) is 0.838. The Balaban J connectivity index is 1.51. The van der Waals surface area contributed by atoms with E-state index in [-0.39, 0.29) is 0 Å². The fraction of sp³-hybridized carbons (Fsp3) is 0.941. The highest BCUT2D eigenvalue weighted by Crippen LogP contribution is 2.50. The Hall–Kier alpha value is -0.570. The molecule has 3 nitrogen and oxygen atoms in total. The first kappa shape index (κ1) is 14.4. The number of carboxylic acids is 1. The van der Waals surface area contributed by atoms with Gasteiger partial charge in [0.1, 0.15) is 0 Å². The zero-order valence-electron chi connectivity index (χ0n) is 12.9. The van der Waals surface area contributed by atoms with E-state index < -0.39 is 11.4 Å². The van der Waals surface area contributed by atoms with Gasteiger partial charge in [-0.3, -0.25) is 4.79 Å². The lowest BCUT2D eigenvalue weighted by molar-refractivity contribution is -0.151. The molecule has 0 aromatic carbocycles. The van der Waals surface area contributed by atoms with Crippen LogP contribution < -0.4 is 0 Å². The molecule has 3 fully saturated rings. The standard InChI is InChI=1S/C17H29NO2/c1-16(15(19)20)10-12-18(13-11-16)14-4-8-17(9-5-14)6-2-3-7-17/h14H,2-13H2,1H3,(H,19,20). The third-order valence-electron chi connectivity index (χ3n) is 6.61. The second kappa shape index (κ2) is 5.32. The molecule has 1 saturated heterocycles. The molecule has 3 rings (SSSR count). The van der Waals surface area contributed by atoms with Crippen LogP contribution >= 0.6 is 0 Å². The van der Waals surface area contributed by atoms with E-state index in [1.54, 1.807) is 0 Å². The van der Waals surface area contributed by atoms with Gasteiger partial charge in [-0.2, -0.15) is 0 Å². The largest absolute Gasteiger partial charge is 0.481 e. The van der Waals surface area contributed by atoms with Gasteiger partial charge in [0, 0.05) is 6.04 Å². The molecule has 0 bridgehead atoms. The van der Waals surface area contributed by atoms with E-state index in [1.165, 1.54) is 51.4 Å². The summed E-state index contributed by atoms with van der Waals surface area (Å²) in [5.74, 6) is -0.606. The fourth-order valence-corrected chi connectivity index (χ4v) is 4.80. The van der Waals surface area contributed by atoms with E-state index in [0.717, 1.165) is 32.0 Å². The number of nitrogens with zero attached hydrogens (tertiary/aromatic N) is 1. The molecule has 3 aliphatic rings. The van der Waals surface area contributed by atoms with Gasteiger partial charge >= 0.3 is 5.97 Å². The van der Waals surface area contributed by atoms with Gasteiger partial charge in [0.05, 0.1) is 5.41 Å². The zero-order valence-corrected chi connectivity index (χ0v) is 12.9. The molecule has 1 N–H and O–H groups in total. The predicted molar refractivity (Wildman–Crippen MR) is 79.7 cm³/mol. The average molecular weight is 279 g/mol. The zero-order chi connectivity index (χ0) is 14.2. The fourth-order valence-electron chi connectivity index (χ4n) is 4.80. The molecule has 2 saturated carbocycles. The van der Waals surface area contributed by atoms with Crippen LogP contribution in [-0.4, -0.2) is 35.1 Å². The molecule has 20 heavy (non-hydrogen) atoms. The lowest BCUT2D eigenvalue weighted by Crippen LogP contribution is -2.48. The van der Waals surface area contributed by atoms with Crippen LogP contribution in [0.3, 0.4) is 0 Å². The summed E-state index contributed by atoms with van der Waals surface area (Å²) in [6.07, 6.45) is 13.0. The molecule has 1 heterocycles. The van der Waals surface area contributed by atoms with Gasteiger partial charge in [-0.25, -0.2) is 0 Å². The molecule has 0 aromatic rings. The van der Waals surface area contributed by atoms with E-state index in [0.29, 0.717) is 5.41 Å². The first-order valence-electron chi connectivity index (χ1n) is 8.51. The highest BCUT2D eigenvalue weighted by molar-refractivity contribution is 5.74. The summed E-state index contributed by atoms with van der Waals surface area (Å²) in [6.45, 7) is 3.89. The first-order chi connectivity index (χ1) is 9.53. The normalized spacial score (nSPS) is 30.6. The maximum atomic E-state index is 11.3. The summed E-state index contributed by atoms with van der Waals surface area (Å²) in [7, 11) is 0. The van der Waals surface area contributed by atoms with Crippen LogP contribution in [-0.2, 0) is 4.79 Å². The number of piperidine rings is 1. The van der Waals surface area contributed by atoms with Crippen molar-refractivity contribution < 1.29 is 9.90 Å². The van der Waals surface area contributed by atoms with Crippen molar-refractivity contribution in [1.29, 1.82) is 0 Å². The number of hydrogen-bond acceptors (Lipinski definition) is 2. The molecule has 2 aliphatic carbocycles. The Morgan fingerprint density at radius 3 is 2.05 bits per heavy atom. The van der Waals surface area contributed by atoms with Crippen molar-refractivity contribution in [2.45, 2.75) is 77.2 Å². The van der Waals surface area contributed by atoms with Crippen LogP contribution in [0, 0.1) is 10.8 Å². The molecule has 1 aliphatic heterocycles. The molecule has 0 atom stereocenters. The molecular weight excluding hydrogens is 250 g/mol. The number of aliphatic carboxylic acids is 1. The van der Waals surface area contributed by atoms with Crippen LogP contribution in [0.5, 0.6) is 0 Å². The van der Waals surface area contributed by atoms with E-state index in [9.17, 15) is 9.90 Å². The van der Waals surface area contributed by atoms with Gasteiger partial charge in [-0.15, -0.1) is 0 Å². The Morgan fingerprint density at radius 1 is 1.00 bits per heavy atom. The van der Waals surface area contributed by atoms with Crippen LogP contribution in [0.25, 0.3) is 0 Å². The Kier molecular flexibility index (Phi) is 3.83. The number of carbonyl (C=O) groups is 1. The van der Waals surface area contributed by atoms with Gasteiger partial charge < -0.3 is 10.0 Å². The van der Waals surface area contributed by atoms with Gasteiger partial charge in [0.25, 0.3) is 0 Å². The van der Waals surface area contributed by atoms with Crippen molar-refractivity contribution in [3.63, 3.8) is 0 Å². The van der Waals surface area contributed by atoms with Crippen molar-refractivity contribution in [2.24, 2.45) is 10.8 Å². The summed E-state index contributed by atoms with van der Waals surface area (Å²) in [5.41, 5.74) is 0.236. The van der Waals surface area contributed by atoms with Gasteiger partial charge in [-0.05, 0) is 76.8 Å². The van der Waals surface area contributed by atoms with Crippen molar-refractivity contribution in [2.75, 3.05) is 13.1 Å². The third-order valence-corrected chi connectivity index (χ3v) is 6.61. The molecule has 1 spiro atoms. The Bertz CT molecular complexity index is 355. The van der Waals surface area contributed by atoms with Gasteiger partial charge in [-0.1, -0.05) is 12.8 Å². The molecule has 114 valence electrons. The van der Waals surface area contributed by atoms with Crippen molar-refractivity contribution in [3.8, 4) is 0 Å². The monoisotopic (exact) mass is 279 g/mol. The number of likely N-dealkylation sites (tertiary alicyclic amines) is 1. The smallest absolute Gasteiger partial charge is 0.309 e. The first-order valence-corrected chi connectivity index (χ1v) is 8.51. The third kappa shape index (κ3) is 2.61. The van der Waals surface area contributed by atoms with Crippen molar-refractivity contribution in [1.82, 2.24) is 4.90 Å².